The molecule has 0 spiro atoms. The molecule has 1 amide bonds. The van der Waals surface area contributed by atoms with Gasteiger partial charge in [0.15, 0.2) is 0 Å². The number of aliphatic hydroxyl groups is 1. The first-order chi connectivity index (χ1) is 10.4. The van der Waals surface area contributed by atoms with Crippen molar-refractivity contribution >= 4 is 17.5 Å². The lowest BCUT2D eigenvalue weighted by molar-refractivity contribution is -0.142. The van der Waals surface area contributed by atoms with Crippen LogP contribution in [0.15, 0.2) is 30.3 Å². The van der Waals surface area contributed by atoms with Crippen molar-refractivity contribution in [2.24, 2.45) is 5.73 Å². The van der Waals surface area contributed by atoms with Crippen LogP contribution >= 0.6 is 11.6 Å². The minimum Gasteiger partial charge on any atom is -0.392 e. The molecule has 0 bridgehead atoms. The quantitative estimate of drug-likeness (QED) is 0.421. The molecular weight excluding hydrogens is 306 g/mol. The average molecular weight is 328 g/mol. The highest BCUT2D eigenvalue weighted by Crippen LogP contribution is 2.40. The minimum atomic E-state index is -1.21. The van der Waals surface area contributed by atoms with Gasteiger partial charge in [0.1, 0.15) is 16.9 Å². The number of hydrogen-bond donors (Lipinski definition) is 3. The second kappa shape index (κ2) is 6.52. The average Bonchev–Trinajstić information content (AvgIpc) is 2.76. The molecule has 4 N–H and O–H groups in total. The zero-order chi connectivity index (χ0) is 16.4. The molecule has 0 saturated carbocycles. The number of hydrogen-bond acceptors (Lipinski definition) is 5. The lowest BCUT2D eigenvalue weighted by Crippen LogP contribution is -2.61. The fourth-order valence-electron chi connectivity index (χ4n) is 2.95. The summed E-state index contributed by atoms with van der Waals surface area (Å²) in [7, 11) is 1.49. The number of ether oxygens (including phenoxy) is 1. The summed E-state index contributed by atoms with van der Waals surface area (Å²) in [5.41, 5.74) is 3.93. The van der Waals surface area contributed by atoms with Gasteiger partial charge in [-0.1, -0.05) is 25.1 Å². The van der Waals surface area contributed by atoms with Crippen molar-refractivity contribution in [1.82, 2.24) is 10.2 Å². The molecule has 1 heterocycles. The monoisotopic (exact) mass is 327 g/mol. The van der Waals surface area contributed by atoms with Crippen LogP contribution in [0.25, 0.3) is 0 Å². The Bertz CT molecular complexity index is 524. The van der Waals surface area contributed by atoms with E-state index in [4.69, 9.17) is 22.1 Å². The molecule has 1 unspecified atom stereocenters. The smallest absolute Gasteiger partial charge is 0.252 e. The van der Waals surface area contributed by atoms with Gasteiger partial charge in [0.05, 0.1) is 6.61 Å². The van der Waals surface area contributed by atoms with E-state index in [2.05, 4.69) is 5.32 Å². The minimum absolute atomic E-state index is 0.188. The van der Waals surface area contributed by atoms with E-state index in [0.717, 1.165) is 0 Å². The molecule has 3 atom stereocenters. The number of rotatable bonds is 5. The predicted molar refractivity (Wildman–Crippen MR) is 84.3 cm³/mol. The second-order valence-electron chi connectivity index (χ2n) is 5.47. The van der Waals surface area contributed by atoms with Crippen molar-refractivity contribution in [2.45, 2.75) is 30.2 Å². The van der Waals surface area contributed by atoms with Gasteiger partial charge in [0.2, 0.25) is 0 Å². The Labute approximate surface area is 135 Å². The van der Waals surface area contributed by atoms with Crippen molar-refractivity contribution in [2.75, 3.05) is 20.3 Å². The van der Waals surface area contributed by atoms with E-state index in [9.17, 15) is 9.90 Å². The summed E-state index contributed by atoms with van der Waals surface area (Å²) in [6.07, 6.45) is 0.188. The highest BCUT2D eigenvalue weighted by atomic mass is 35.5. The Kier molecular flexibility index (Phi) is 5.09. The number of nitrogens with one attached hydrogen (secondary N) is 1. The number of likely N-dealkylation sites (tertiary alicyclic amines) is 1. The molecule has 0 aliphatic carbocycles. The molecule has 1 fully saturated rings. The van der Waals surface area contributed by atoms with Crippen molar-refractivity contribution in [3.05, 3.63) is 35.9 Å². The summed E-state index contributed by atoms with van der Waals surface area (Å²) in [6, 6.07) is 8.77. The number of nitrogens with zero attached hydrogens (tertiary/aromatic N) is 1. The molecule has 0 aromatic heterocycles. The molecule has 1 aromatic carbocycles. The van der Waals surface area contributed by atoms with E-state index in [1.165, 1.54) is 7.11 Å². The second-order valence-corrected chi connectivity index (χ2v) is 5.88. The van der Waals surface area contributed by atoms with Crippen LogP contribution in [0.2, 0.25) is 0 Å². The third-order valence-corrected chi connectivity index (χ3v) is 4.77. The van der Waals surface area contributed by atoms with E-state index < -0.39 is 16.9 Å². The molecule has 2 rings (SSSR count). The number of alkyl halides is 1. The number of likely N-dealkylation sites (N-methyl/N-ethyl adjacent to an activating group) is 1. The third-order valence-electron chi connectivity index (χ3n) is 4.14. The van der Waals surface area contributed by atoms with Crippen molar-refractivity contribution in [3.8, 4) is 0 Å². The van der Waals surface area contributed by atoms with Crippen LogP contribution in [0.3, 0.4) is 0 Å². The Morgan fingerprint density at radius 2 is 2.18 bits per heavy atom. The van der Waals surface area contributed by atoms with Crippen molar-refractivity contribution < 1.29 is 14.6 Å². The number of methoxy groups -OCH3 is 1. The highest BCUT2D eigenvalue weighted by Gasteiger charge is 2.58. The normalized spacial score (nSPS) is 32.1. The van der Waals surface area contributed by atoms with Crippen LogP contribution in [0.5, 0.6) is 0 Å². The number of carbonyl (C=O) groups is 1. The summed E-state index contributed by atoms with van der Waals surface area (Å²) in [6.45, 7) is 2.16. The van der Waals surface area contributed by atoms with Gasteiger partial charge in [-0.25, -0.2) is 0 Å². The van der Waals surface area contributed by atoms with Gasteiger partial charge in [-0.05, 0) is 18.7 Å². The van der Waals surface area contributed by atoms with Crippen LogP contribution in [0.1, 0.15) is 23.7 Å². The molecule has 1 saturated heterocycles. The molecule has 1 aromatic rings. The fraction of sp³-hybridized carbons (Fsp3) is 0.533. The largest absolute Gasteiger partial charge is 0.392 e. The van der Waals surface area contributed by atoms with E-state index >= 15 is 0 Å². The number of carbonyl (C=O) groups excluding carboxylic acids is 1. The summed E-state index contributed by atoms with van der Waals surface area (Å²) >= 11 is 6.45. The van der Waals surface area contributed by atoms with Gasteiger partial charge in [0.25, 0.3) is 5.91 Å². The topological polar surface area (TPSA) is 87.8 Å². The first kappa shape index (κ1) is 17.2. The molecule has 7 heteroatoms. The summed E-state index contributed by atoms with van der Waals surface area (Å²) in [4.78, 5) is 14.1. The molecule has 1 aliphatic heterocycles. The summed E-state index contributed by atoms with van der Waals surface area (Å²) in [5, 5.41) is 12.5. The first-order valence-electron chi connectivity index (χ1n) is 7.15. The molecule has 6 nitrogen and oxygen atoms in total. The van der Waals surface area contributed by atoms with Crippen molar-refractivity contribution in [1.29, 1.82) is 0 Å². The van der Waals surface area contributed by atoms with Gasteiger partial charge < -0.3 is 20.9 Å². The van der Waals surface area contributed by atoms with E-state index in [1.54, 1.807) is 29.2 Å². The van der Waals surface area contributed by atoms with Gasteiger partial charge in [-0.3, -0.25) is 9.69 Å². The van der Waals surface area contributed by atoms with Crippen molar-refractivity contribution in [3.63, 3.8) is 0 Å². The van der Waals surface area contributed by atoms with E-state index in [-0.39, 0.29) is 18.9 Å². The van der Waals surface area contributed by atoms with Crippen LogP contribution in [-0.2, 0) is 4.74 Å². The van der Waals surface area contributed by atoms with Gasteiger partial charge in [-0.2, -0.15) is 0 Å². The standard InChI is InChI=1S/C15H22ClN3O3/c1-3-19-13(16)15(17,9-14(19,10-20)22-2)18-12(21)11-7-5-4-6-8-11/h4-8,13,20H,3,9-10,17H2,1-2H3,(H,18,21)/t13?,14-,15-/m0/s1. The number of benzene rings is 1. The van der Waals surface area contributed by atoms with Crippen LogP contribution < -0.4 is 11.1 Å². The summed E-state index contributed by atoms with van der Waals surface area (Å²) in [5.74, 6) is -0.311. The molecule has 0 radical (unpaired) electrons. The Morgan fingerprint density at radius 3 is 2.64 bits per heavy atom. The first-order valence-corrected chi connectivity index (χ1v) is 7.59. The fourth-order valence-corrected chi connectivity index (χ4v) is 3.40. The molecule has 22 heavy (non-hydrogen) atoms. The number of aliphatic hydroxyl groups excluding tert-OH is 1. The SMILES string of the molecule is CCN1C(Cl)[C@@](N)(NC(=O)c2ccccc2)C[C@@]1(CO)OC. The lowest BCUT2D eigenvalue weighted by Gasteiger charge is -2.35. The summed E-state index contributed by atoms with van der Waals surface area (Å²) < 4.78 is 5.46. The maximum Gasteiger partial charge on any atom is 0.252 e. The zero-order valence-electron chi connectivity index (χ0n) is 12.8. The number of nitrogens with two attached hydrogens (primary N) is 1. The van der Waals surface area contributed by atoms with E-state index in [0.29, 0.717) is 12.1 Å². The molecule has 122 valence electrons. The maximum absolute atomic E-state index is 12.4. The molecular formula is C15H22ClN3O3. The lowest BCUT2D eigenvalue weighted by atomic mass is 10.0. The van der Waals surface area contributed by atoms with E-state index in [1.807, 2.05) is 13.0 Å². The highest BCUT2D eigenvalue weighted by molar-refractivity contribution is 6.21. The molecule has 1 aliphatic rings. The van der Waals surface area contributed by atoms with Crippen LogP contribution in [0, 0.1) is 0 Å². The number of halogens is 1. The maximum atomic E-state index is 12.4. The predicted octanol–water partition coefficient (Wildman–Crippen LogP) is 0.697. The van der Waals surface area contributed by atoms with Gasteiger partial charge in [-0.15, -0.1) is 11.6 Å². The Balaban J connectivity index is 2.24. The van der Waals surface area contributed by atoms with Gasteiger partial charge in [0, 0.05) is 19.1 Å². The van der Waals surface area contributed by atoms with Crippen LogP contribution in [-0.4, -0.2) is 53.1 Å². The zero-order valence-corrected chi connectivity index (χ0v) is 13.5. The Morgan fingerprint density at radius 1 is 1.55 bits per heavy atom. The number of amides is 1. The van der Waals surface area contributed by atoms with Gasteiger partial charge >= 0.3 is 0 Å². The van der Waals surface area contributed by atoms with Crippen LogP contribution in [0.4, 0.5) is 0 Å². The Hall–Kier alpha value is -1.18. The third kappa shape index (κ3) is 2.85.